The summed E-state index contributed by atoms with van der Waals surface area (Å²) in [4.78, 5) is 25.4. The average molecular weight is 458 g/mol. The Labute approximate surface area is 184 Å². The summed E-state index contributed by atoms with van der Waals surface area (Å²) in [5, 5.41) is 5.33. The lowest BCUT2D eigenvalue weighted by Crippen LogP contribution is -2.39. The SMILES string of the molecule is COC(=O)N1OCc2c([nH]c3ccc(C(F)(F)F)cc23)C1c1ccc(-c2noc(C)n2)cc1. The van der Waals surface area contributed by atoms with Crippen LogP contribution in [0.2, 0.25) is 0 Å². The standard InChI is InChI=1S/C22H17F3N4O4/c1-11-26-20(28-33-11)13-5-3-12(4-6-13)19-18-16(10-32-29(19)21(30)31-2)15-9-14(22(23,24)25)7-8-17(15)27-18/h3-9,19,27H,10H2,1-2H3. The molecular weight excluding hydrogens is 441 g/mol. The molecule has 0 spiro atoms. The number of aromatic nitrogens is 3. The number of hydroxylamine groups is 2. The first-order valence-corrected chi connectivity index (χ1v) is 9.88. The number of H-pyrrole nitrogens is 1. The summed E-state index contributed by atoms with van der Waals surface area (Å²) in [6, 6.07) is 9.73. The molecule has 11 heteroatoms. The van der Waals surface area contributed by atoms with Gasteiger partial charge in [0.15, 0.2) is 0 Å². The molecule has 170 valence electrons. The van der Waals surface area contributed by atoms with Crippen molar-refractivity contribution in [3.05, 3.63) is 70.7 Å². The number of benzene rings is 2. The van der Waals surface area contributed by atoms with Gasteiger partial charge in [0.1, 0.15) is 12.6 Å². The number of alkyl halides is 3. The van der Waals surface area contributed by atoms with Gasteiger partial charge in [0, 0.05) is 29.0 Å². The largest absolute Gasteiger partial charge is 0.451 e. The number of hydrogen-bond donors (Lipinski definition) is 1. The van der Waals surface area contributed by atoms with Crippen molar-refractivity contribution in [1.29, 1.82) is 0 Å². The molecular formula is C22H17F3N4O4. The summed E-state index contributed by atoms with van der Waals surface area (Å²) in [7, 11) is 1.22. The highest BCUT2D eigenvalue weighted by Crippen LogP contribution is 2.41. The van der Waals surface area contributed by atoms with Crippen molar-refractivity contribution in [2.24, 2.45) is 0 Å². The lowest BCUT2D eigenvalue weighted by molar-refractivity contribution is -0.173. The molecule has 0 fully saturated rings. The predicted octanol–water partition coefficient (Wildman–Crippen LogP) is 5.15. The van der Waals surface area contributed by atoms with E-state index in [4.69, 9.17) is 14.1 Å². The van der Waals surface area contributed by atoms with Crippen LogP contribution in [0.5, 0.6) is 0 Å². The summed E-state index contributed by atoms with van der Waals surface area (Å²) in [5.41, 5.74) is 2.18. The van der Waals surface area contributed by atoms with Crippen molar-refractivity contribution in [2.75, 3.05) is 7.11 Å². The van der Waals surface area contributed by atoms with E-state index in [2.05, 4.69) is 15.1 Å². The number of nitrogens with one attached hydrogen (secondary N) is 1. The monoisotopic (exact) mass is 458 g/mol. The first-order chi connectivity index (χ1) is 15.8. The van der Waals surface area contributed by atoms with Gasteiger partial charge in [-0.15, -0.1) is 0 Å². The molecule has 0 saturated heterocycles. The molecule has 0 radical (unpaired) electrons. The third-order valence-corrected chi connectivity index (χ3v) is 5.49. The van der Waals surface area contributed by atoms with Crippen LogP contribution in [0, 0.1) is 6.92 Å². The molecule has 1 unspecified atom stereocenters. The quantitative estimate of drug-likeness (QED) is 0.447. The molecule has 0 bridgehead atoms. The van der Waals surface area contributed by atoms with Crippen LogP contribution >= 0.6 is 0 Å². The summed E-state index contributed by atoms with van der Waals surface area (Å²) in [6.45, 7) is 1.59. The number of ether oxygens (including phenoxy) is 1. The summed E-state index contributed by atoms with van der Waals surface area (Å²) in [5.74, 6) is 0.835. The number of aromatic amines is 1. The third kappa shape index (κ3) is 3.59. The maximum Gasteiger partial charge on any atom is 0.434 e. The van der Waals surface area contributed by atoms with Crippen LogP contribution in [0.25, 0.3) is 22.3 Å². The number of amides is 1. The van der Waals surface area contributed by atoms with Crippen LogP contribution in [0.4, 0.5) is 18.0 Å². The van der Waals surface area contributed by atoms with Crippen LogP contribution in [0.3, 0.4) is 0 Å². The smallest absolute Gasteiger partial charge is 0.434 e. The first kappa shape index (κ1) is 21.0. The normalized spacial score (nSPS) is 16.2. The van der Waals surface area contributed by atoms with E-state index < -0.39 is 23.9 Å². The van der Waals surface area contributed by atoms with Crippen molar-refractivity contribution >= 4 is 17.0 Å². The van der Waals surface area contributed by atoms with Gasteiger partial charge in [0.2, 0.25) is 11.7 Å². The maximum atomic E-state index is 13.3. The van der Waals surface area contributed by atoms with Crippen LogP contribution in [0.15, 0.2) is 47.0 Å². The topological polar surface area (TPSA) is 93.5 Å². The van der Waals surface area contributed by atoms with Crippen molar-refractivity contribution in [3.8, 4) is 11.4 Å². The number of fused-ring (bicyclic) bond motifs is 3. The van der Waals surface area contributed by atoms with E-state index in [9.17, 15) is 18.0 Å². The molecule has 1 aliphatic heterocycles. The zero-order chi connectivity index (χ0) is 23.3. The number of halogens is 3. The zero-order valence-corrected chi connectivity index (χ0v) is 17.4. The molecule has 8 nitrogen and oxygen atoms in total. The molecule has 33 heavy (non-hydrogen) atoms. The molecule has 4 aromatic rings. The molecule has 1 N–H and O–H groups in total. The van der Waals surface area contributed by atoms with Gasteiger partial charge in [0.05, 0.1) is 18.4 Å². The fourth-order valence-corrected chi connectivity index (χ4v) is 3.94. The lowest BCUT2D eigenvalue weighted by atomic mass is 9.97. The van der Waals surface area contributed by atoms with Gasteiger partial charge in [-0.1, -0.05) is 29.4 Å². The van der Waals surface area contributed by atoms with E-state index in [1.54, 1.807) is 31.2 Å². The molecule has 3 heterocycles. The lowest BCUT2D eigenvalue weighted by Gasteiger charge is -2.33. The number of aryl methyl sites for hydroxylation is 1. The van der Waals surface area contributed by atoms with Gasteiger partial charge in [-0.3, -0.25) is 4.84 Å². The second kappa shape index (κ2) is 7.62. The Morgan fingerprint density at radius 1 is 1.21 bits per heavy atom. The molecule has 5 rings (SSSR count). The number of carbonyl (C=O) groups excluding carboxylic acids is 1. The fourth-order valence-electron chi connectivity index (χ4n) is 3.94. The summed E-state index contributed by atoms with van der Waals surface area (Å²) >= 11 is 0. The van der Waals surface area contributed by atoms with Crippen molar-refractivity contribution < 1.29 is 32.1 Å². The number of rotatable bonds is 2. The average Bonchev–Trinajstić information content (AvgIpc) is 3.40. The second-order valence-corrected chi connectivity index (χ2v) is 7.51. The van der Waals surface area contributed by atoms with Gasteiger partial charge in [-0.05, 0) is 23.8 Å². The van der Waals surface area contributed by atoms with E-state index in [-0.39, 0.29) is 6.61 Å². The molecule has 0 saturated carbocycles. The number of nitrogens with zero attached hydrogens (tertiary/aromatic N) is 3. The van der Waals surface area contributed by atoms with Gasteiger partial charge in [-0.25, -0.2) is 4.79 Å². The van der Waals surface area contributed by atoms with Crippen LogP contribution in [-0.4, -0.2) is 33.4 Å². The van der Waals surface area contributed by atoms with Crippen molar-refractivity contribution in [2.45, 2.75) is 25.7 Å². The predicted molar refractivity (Wildman–Crippen MR) is 109 cm³/mol. The Balaban J connectivity index is 1.62. The summed E-state index contributed by atoms with van der Waals surface area (Å²) < 4.78 is 49.6. The second-order valence-electron chi connectivity index (χ2n) is 7.51. The van der Waals surface area contributed by atoms with E-state index >= 15 is 0 Å². The fraction of sp³-hybridized carbons (Fsp3) is 0.227. The minimum Gasteiger partial charge on any atom is -0.451 e. The highest BCUT2D eigenvalue weighted by molar-refractivity contribution is 5.86. The van der Waals surface area contributed by atoms with Crippen molar-refractivity contribution in [3.63, 3.8) is 0 Å². The van der Waals surface area contributed by atoms with Gasteiger partial charge < -0.3 is 14.2 Å². The molecule has 2 aromatic carbocycles. The van der Waals surface area contributed by atoms with Gasteiger partial charge in [-0.2, -0.15) is 23.2 Å². The van der Waals surface area contributed by atoms with Gasteiger partial charge >= 0.3 is 12.3 Å². The van der Waals surface area contributed by atoms with Crippen LogP contribution in [0.1, 0.15) is 34.3 Å². The van der Waals surface area contributed by atoms with E-state index in [0.717, 1.165) is 17.2 Å². The van der Waals surface area contributed by atoms with Crippen LogP contribution in [-0.2, 0) is 22.4 Å². The van der Waals surface area contributed by atoms with Crippen molar-refractivity contribution in [1.82, 2.24) is 20.2 Å². The van der Waals surface area contributed by atoms with E-state index in [1.165, 1.54) is 13.2 Å². The number of carbonyl (C=O) groups is 1. The Kier molecular flexibility index (Phi) is 4.85. The van der Waals surface area contributed by atoms with E-state index in [1.807, 2.05) is 0 Å². The Hall–Kier alpha value is -3.86. The molecule has 1 aliphatic rings. The minimum atomic E-state index is -4.48. The number of methoxy groups -OCH3 is 1. The Morgan fingerprint density at radius 3 is 2.61 bits per heavy atom. The first-order valence-electron chi connectivity index (χ1n) is 9.88. The molecule has 1 atom stereocenters. The van der Waals surface area contributed by atoms with E-state index in [0.29, 0.717) is 45.0 Å². The summed E-state index contributed by atoms with van der Waals surface area (Å²) in [6.07, 6.45) is -5.22. The Bertz CT molecular complexity index is 1340. The number of hydrogen-bond acceptors (Lipinski definition) is 6. The maximum absolute atomic E-state index is 13.3. The highest BCUT2D eigenvalue weighted by Gasteiger charge is 2.38. The van der Waals surface area contributed by atoms with Gasteiger partial charge in [0.25, 0.3) is 0 Å². The Morgan fingerprint density at radius 2 is 1.97 bits per heavy atom. The highest BCUT2D eigenvalue weighted by atomic mass is 19.4. The molecule has 1 amide bonds. The molecule has 0 aliphatic carbocycles. The minimum absolute atomic E-state index is 0.0948. The zero-order valence-electron chi connectivity index (χ0n) is 17.4. The molecule has 2 aromatic heterocycles. The third-order valence-electron chi connectivity index (χ3n) is 5.49. The van der Waals surface area contributed by atoms with Crippen LogP contribution < -0.4 is 0 Å².